The van der Waals surface area contributed by atoms with Crippen LogP contribution >= 0.6 is 0 Å². The van der Waals surface area contributed by atoms with Crippen LogP contribution in [0.25, 0.3) is 27.7 Å². The molecule has 4 aromatic rings. The Labute approximate surface area is 99.9 Å². The molecule has 0 amide bonds. The highest BCUT2D eigenvalue weighted by molar-refractivity contribution is 5.82. The van der Waals surface area contributed by atoms with E-state index in [1.165, 1.54) is 4.40 Å². The number of pyridine rings is 1. The Kier molecular flexibility index (Phi) is 1.62. The van der Waals surface area contributed by atoms with Crippen molar-refractivity contribution in [2.24, 2.45) is 0 Å². The maximum absolute atomic E-state index is 12.4. The van der Waals surface area contributed by atoms with Gasteiger partial charge >= 0.3 is 0 Å². The molecular weight excluding hydrogens is 230 g/mol. The number of hydrogen-bond acceptors (Lipinski definition) is 4. The molecule has 3 heterocycles. The molecule has 0 aliphatic heterocycles. The summed E-state index contributed by atoms with van der Waals surface area (Å²) in [7, 11) is 0. The van der Waals surface area contributed by atoms with Crippen molar-refractivity contribution in [1.29, 1.82) is 0 Å². The third-order valence-corrected chi connectivity index (χ3v) is 2.96. The average molecular weight is 237 g/mol. The molecule has 18 heavy (non-hydrogen) atoms. The number of fused-ring (bicyclic) bond motifs is 4. The van der Waals surface area contributed by atoms with Gasteiger partial charge in [0.15, 0.2) is 5.65 Å². The van der Waals surface area contributed by atoms with Crippen LogP contribution in [-0.4, -0.2) is 24.8 Å². The molecule has 0 aliphatic rings. The molecule has 0 saturated carbocycles. The van der Waals surface area contributed by atoms with E-state index in [4.69, 9.17) is 0 Å². The van der Waals surface area contributed by atoms with Crippen molar-refractivity contribution >= 4 is 27.7 Å². The van der Waals surface area contributed by atoms with Gasteiger partial charge in [-0.1, -0.05) is 12.1 Å². The number of hydrogen-bond donors (Lipinski definition) is 1. The number of nitrogens with zero attached hydrogens (tertiary/aromatic N) is 4. The van der Waals surface area contributed by atoms with Gasteiger partial charge in [-0.05, 0) is 24.3 Å². The second-order valence-electron chi connectivity index (χ2n) is 3.99. The lowest BCUT2D eigenvalue weighted by molar-refractivity contribution is 0.946. The molecule has 0 bridgehead atoms. The van der Waals surface area contributed by atoms with E-state index in [2.05, 4.69) is 20.4 Å². The highest BCUT2D eigenvalue weighted by atomic mass is 16.1. The maximum Gasteiger partial charge on any atom is 0.267 e. The zero-order valence-corrected chi connectivity index (χ0v) is 9.16. The average Bonchev–Trinajstić information content (AvgIpc) is 2.87. The summed E-state index contributed by atoms with van der Waals surface area (Å²) >= 11 is 0. The number of H-pyrrole nitrogens is 1. The van der Waals surface area contributed by atoms with Crippen LogP contribution in [0.2, 0.25) is 0 Å². The third kappa shape index (κ3) is 1.06. The minimum absolute atomic E-state index is 0.130. The molecule has 0 saturated heterocycles. The molecule has 6 nitrogen and oxygen atoms in total. The Morgan fingerprint density at radius 2 is 1.89 bits per heavy atom. The topological polar surface area (TPSA) is 75.9 Å². The highest BCUT2D eigenvalue weighted by Crippen LogP contribution is 2.13. The summed E-state index contributed by atoms with van der Waals surface area (Å²) in [6.45, 7) is 0. The summed E-state index contributed by atoms with van der Waals surface area (Å²) in [6.07, 6.45) is 0. The van der Waals surface area contributed by atoms with E-state index in [-0.39, 0.29) is 5.56 Å². The van der Waals surface area contributed by atoms with Crippen LogP contribution in [0.3, 0.4) is 0 Å². The molecule has 4 rings (SSSR count). The zero-order chi connectivity index (χ0) is 12.1. The summed E-state index contributed by atoms with van der Waals surface area (Å²) in [5.41, 5.74) is 2.26. The monoisotopic (exact) mass is 237 g/mol. The predicted octanol–water partition coefficient (Wildman–Crippen LogP) is 1.12. The molecule has 86 valence electrons. The Morgan fingerprint density at radius 1 is 1.00 bits per heavy atom. The Morgan fingerprint density at radius 3 is 2.83 bits per heavy atom. The molecule has 0 spiro atoms. The Hall–Kier alpha value is -2.76. The van der Waals surface area contributed by atoms with E-state index in [9.17, 15) is 4.79 Å². The van der Waals surface area contributed by atoms with Gasteiger partial charge in [-0.25, -0.2) is 9.38 Å². The van der Waals surface area contributed by atoms with Gasteiger partial charge in [0.1, 0.15) is 11.2 Å². The zero-order valence-electron chi connectivity index (χ0n) is 9.16. The SMILES string of the molecule is O=c1c2ccccc2nc2ccc3n[nH]nc3n12. The van der Waals surface area contributed by atoms with Crippen molar-refractivity contribution in [3.63, 3.8) is 0 Å². The standard InChI is InChI=1S/C12H7N5O/c18-12-7-3-1-2-4-8(7)13-10-6-5-9-11(17(10)12)15-16-14-9/h1-6H,(H,14,15,16). The van der Waals surface area contributed by atoms with Crippen molar-refractivity contribution in [1.82, 2.24) is 24.8 Å². The molecule has 0 fully saturated rings. The summed E-state index contributed by atoms with van der Waals surface area (Å²) in [6, 6.07) is 10.8. The van der Waals surface area contributed by atoms with Crippen LogP contribution in [0.5, 0.6) is 0 Å². The van der Waals surface area contributed by atoms with Crippen LogP contribution in [0.4, 0.5) is 0 Å². The van der Waals surface area contributed by atoms with Crippen molar-refractivity contribution in [3.05, 3.63) is 46.8 Å². The second kappa shape index (κ2) is 3.13. The molecule has 1 aromatic carbocycles. The van der Waals surface area contributed by atoms with Crippen molar-refractivity contribution < 1.29 is 0 Å². The number of benzene rings is 1. The first kappa shape index (κ1) is 9.29. The van der Waals surface area contributed by atoms with Gasteiger partial charge in [0.05, 0.1) is 10.9 Å². The van der Waals surface area contributed by atoms with Crippen molar-refractivity contribution in [3.8, 4) is 0 Å². The van der Waals surface area contributed by atoms with Crippen LogP contribution in [0.15, 0.2) is 41.2 Å². The van der Waals surface area contributed by atoms with E-state index in [1.54, 1.807) is 18.2 Å². The summed E-state index contributed by atoms with van der Waals surface area (Å²) in [4.78, 5) is 16.9. The number of aromatic amines is 1. The van der Waals surface area contributed by atoms with Gasteiger partial charge in [0, 0.05) is 0 Å². The molecule has 0 unspecified atom stereocenters. The fraction of sp³-hybridized carbons (Fsp3) is 0. The molecule has 3 aromatic heterocycles. The Balaban J connectivity index is 2.40. The summed E-state index contributed by atoms with van der Waals surface area (Å²) < 4.78 is 1.47. The quantitative estimate of drug-likeness (QED) is 0.465. The minimum Gasteiger partial charge on any atom is -0.268 e. The van der Waals surface area contributed by atoms with Crippen molar-refractivity contribution in [2.45, 2.75) is 0 Å². The smallest absolute Gasteiger partial charge is 0.267 e. The maximum atomic E-state index is 12.4. The van der Waals surface area contributed by atoms with Gasteiger partial charge in [0.2, 0.25) is 0 Å². The first-order valence-electron chi connectivity index (χ1n) is 5.45. The van der Waals surface area contributed by atoms with Crippen LogP contribution in [0.1, 0.15) is 0 Å². The normalized spacial score (nSPS) is 11.6. The molecular formula is C12H7N5O. The largest absolute Gasteiger partial charge is 0.268 e. The third-order valence-electron chi connectivity index (χ3n) is 2.96. The van der Waals surface area contributed by atoms with Gasteiger partial charge in [-0.3, -0.25) is 4.79 Å². The summed E-state index contributed by atoms with van der Waals surface area (Å²) in [5.74, 6) is 0. The lowest BCUT2D eigenvalue weighted by atomic mass is 10.2. The number of para-hydroxylation sites is 1. The van der Waals surface area contributed by atoms with Gasteiger partial charge in [-0.2, -0.15) is 10.3 Å². The van der Waals surface area contributed by atoms with E-state index in [0.717, 1.165) is 0 Å². The van der Waals surface area contributed by atoms with Gasteiger partial charge in [0.25, 0.3) is 5.56 Å². The first-order chi connectivity index (χ1) is 8.84. The number of aromatic nitrogens is 5. The van der Waals surface area contributed by atoms with Crippen LogP contribution in [-0.2, 0) is 0 Å². The summed E-state index contributed by atoms with van der Waals surface area (Å²) in [5, 5.41) is 11.1. The lowest BCUT2D eigenvalue weighted by Crippen LogP contribution is -2.16. The van der Waals surface area contributed by atoms with E-state index in [1.807, 2.05) is 18.2 Å². The number of nitrogens with one attached hydrogen (secondary N) is 1. The molecule has 0 atom stereocenters. The van der Waals surface area contributed by atoms with Crippen LogP contribution < -0.4 is 5.56 Å². The molecule has 1 N–H and O–H groups in total. The van der Waals surface area contributed by atoms with E-state index in [0.29, 0.717) is 27.7 Å². The molecule has 0 radical (unpaired) electrons. The minimum atomic E-state index is -0.130. The fourth-order valence-corrected chi connectivity index (χ4v) is 2.13. The van der Waals surface area contributed by atoms with E-state index < -0.39 is 0 Å². The van der Waals surface area contributed by atoms with Crippen molar-refractivity contribution in [2.75, 3.05) is 0 Å². The number of rotatable bonds is 0. The van der Waals surface area contributed by atoms with Gasteiger partial charge in [-0.15, -0.1) is 5.10 Å². The van der Waals surface area contributed by atoms with Gasteiger partial charge < -0.3 is 0 Å². The lowest BCUT2D eigenvalue weighted by Gasteiger charge is -2.02. The molecule has 6 heteroatoms. The fourth-order valence-electron chi connectivity index (χ4n) is 2.13. The first-order valence-corrected chi connectivity index (χ1v) is 5.45. The highest BCUT2D eigenvalue weighted by Gasteiger charge is 2.09. The predicted molar refractivity (Wildman–Crippen MR) is 66.4 cm³/mol. The second-order valence-corrected chi connectivity index (χ2v) is 3.99. The van der Waals surface area contributed by atoms with Crippen LogP contribution in [0, 0.1) is 0 Å². The van der Waals surface area contributed by atoms with E-state index >= 15 is 0 Å². The molecule has 0 aliphatic carbocycles. The Bertz CT molecular complexity index is 953.